The van der Waals surface area contributed by atoms with Gasteiger partial charge >= 0.3 is 0 Å². The third-order valence-electron chi connectivity index (χ3n) is 8.12. The molecule has 7 rings (SSSR count). The van der Waals surface area contributed by atoms with Crippen molar-refractivity contribution in [2.45, 2.75) is 13.0 Å². The first-order chi connectivity index (χ1) is 19.4. The topological polar surface area (TPSA) is 53.2 Å². The van der Waals surface area contributed by atoms with Gasteiger partial charge in [-0.1, -0.05) is 78.9 Å². The van der Waals surface area contributed by atoms with Crippen molar-refractivity contribution in [3.05, 3.63) is 119 Å². The van der Waals surface area contributed by atoms with Crippen LogP contribution in [0.2, 0.25) is 0 Å². The summed E-state index contributed by atoms with van der Waals surface area (Å²) in [6.45, 7) is 2.79. The van der Waals surface area contributed by atoms with Crippen LogP contribution in [0.4, 0.5) is 0 Å². The van der Waals surface area contributed by atoms with Crippen LogP contribution in [0.15, 0.2) is 103 Å². The number of aromatic amines is 1. The minimum atomic E-state index is -3.16. The van der Waals surface area contributed by atoms with E-state index in [1.54, 1.807) is 6.08 Å². The van der Waals surface area contributed by atoms with Crippen molar-refractivity contribution in [3.63, 3.8) is 0 Å². The Morgan fingerprint density at radius 2 is 1.60 bits per heavy atom. The highest BCUT2D eigenvalue weighted by Crippen LogP contribution is 2.34. The molecule has 2 heterocycles. The Bertz CT molecular complexity index is 2100. The molecule has 0 amide bonds. The number of sulfone groups is 1. The number of hydrogen-bond donors (Lipinski definition) is 1. The van der Waals surface area contributed by atoms with E-state index in [0.717, 1.165) is 42.5 Å². The van der Waals surface area contributed by atoms with Crippen molar-refractivity contribution < 1.29 is 8.42 Å². The second kappa shape index (κ2) is 9.77. The minimum absolute atomic E-state index is 0.883. The first kappa shape index (κ1) is 24.8. The molecule has 1 aliphatic heterocycles. The number of H-pyrrole nitrogens is 1. The summed E-state index contributed by atoms with van der Waals surface area (Å²) in [7, 11) is -3.16. The molecular formula is C35H30N2O2S. The molecule has 6 aromatic rings. The maximum atomic E-state index is 11.6. The van der Waals surface area contributed by atoms with Gasteiger partial charge in [0.25, 0.3) is 0 Å². The monoisotopic (exact) mass is 542 g/mol. The summed E-state index contributed by atoms with van der Waals surface area (Å²) in [5.74, 6) is 0. The van der Waals surface area contributed by atoms with E-state index in [1.165, 1.54) is 60.7 Å². The van der Waals surface area contributed by atoms with E-state index in [0.29, 0.717) is 0 Å². The van der Waals surface area contributed by atoms with Crippen molar-refractivity contribution in [3.8, 4) is 0 Å². The Hall–Kier alpha value is -4.19. The van der Waals surface area contributed by atoms with Gasteiger partial charge < -0.3 is 4.98 Å². The summed E-state index contributed by atoms with van der Waals surface area (Å²) in [4.78, 5) is 5.90. The Morgan fingerprint density at radius 3 is 2.45 bits per heavy atom. The van der Waals surface area contributed by atoms with E-state index < -0.39 is 9.84 Å². The normalized spacial score (nSPS) is 15.1. The number of nitrogens with zero attached hydrogens (tertiary/aromatic N) is 1. The molecule has 40 heavy (non-hydrogen) atoms. The summed E-state index contributed by atoms with van der Waals surface area (Å²) < 4.78 is 23.1. The summed E-state index contributed by atoms with van der Waals surface area (Å²) in [5, 5.41) is 10.2. The van der Waals surface area contributed by atoms with E-state index in [4.69, 9.17) is 0 Å². The molecule has 5 aromatic carbocycles. The highest BCUT2D eigenvalue weighted by molar-refractivity contribution is 7.93. The fraction of sp³-hybridized carbons (Fsp3) is 0.143. The molecule has 0 saturated heterocycles. The number of hydrogen-bond acceptors (Lipinski definition) is 3. The van der Waals surface area contributed by atoms with E-state index in [9.17, 15) is 8.42 Å². The average molecular weight is 543 g/mol. The van der Waals surface area contributed by atoms with Crippen LogP contribution in [0.1, 0.15) is 23.1 Å². The smallest absolute Gasteiger partial charge is 0.168 e. The van der Waals surface area contributed by atoms with Gasteiger partial charge in [0.1, 0.15) is 0 Å². The lowest BCUT2D eigenvalue weighted by molar-refractivity contribution is 0.295. The number of rotatable bonds is 5. The molecule has 1 aromatic heterocycles. The fourth-order valence-electron chi connectivity index (χ4n) is 6.11. The van der Waals surface area contributed by atoms with Crippen molar-refractivity contribution in [2.75, 3.05) is 19.3 Å². The standard InChI is InChI=1S/C35H30N2O2S/c1-40(38,39)20-17-24-9-14-35-33(21-24)34(22-36-35)26-15-18-37(19-16-26)23-27-6-4-8-30-29(27)12-13-31-28-7-3-2-5-25(28)10-11-32(30)31/h2-15,17,20-22,36H,16,18-19,23H2,1H3. The van der Waals surface area contributed by atoms with Gasteiger partial charge in [-0.3, -0.25) is 4.90 Å². The minimum Gasteiger partial charge on any atom is -0.361 e. The molecule has 198 valence electrons. The second-order valence-corrected chi connectivity index (χ2v) is 12.7. The Morgan fingerprint density at radius 1 is 0.825 bits per heavy atom. The van der Waals surface area contributed by atoms with Crippen LogP contribution < -0.4 is 0 Å². The first-order valence-corrected chi connectivity index (χ1v) is 15.6. The lowest BCUT2D eigenvalue weighted by Gasteiger charge is -2.27. The average Bonchev–Trinajstić information content (AvgIpc) is 3.39. The number of nitrogens with one attached hydrogen (secondary N) is 1. The molecular weight excluding hydrogens is 512 g/mol. The van der Waals surface area contributed by atoms with Crippen molar-refractivity contribution in [1.29, 1.82) is 0 Å². The van der Waals surface area contributed by atoms with Crippen LogP contribution in [-0.4, -0.2) is 37.6 Å². The van der Waals surface area contributed by atoms with Crippen LogP contribution in [0.5, 0.6) is 0 Å². The quantitative estimate of drug-likeness (QED) is 0.225. The molecule has 0 aliphatic carbocycles. The lowest BCUT2D eigenvalue weighted by Crippen LogP contribution is -2.28. The zero-order valence-corrected chi connectivity index (χ0v) is 23.2. The van der Waals surface area contributed by atoms with E-state index >= 15 is 0 Å². The van der Waals surface area contributed by atoms with Crippen LogP contribution in [0.3, 0.4) is 0 Å². The lowest BCUT2D eigenvalue weighted by atomic mass is 9.94. The third kappa shape index (κ3) is 4.61. The first-order valence-electron chi connectivity index (χ1n) is 13.7. The van der Waals surface area contributed by atoms with Crippen LogP contribution in [-0.2, 0) is 16.4 Å². The van der Waals surface area contributed by atoms with Crippen LogP contribution in [0.25, 0.3) is 54.9 Å². The zero-order valence-electron chi connectivity index (χ0n) is 22.4. The molecule has 1 N–H and O–H groups in total. The molecule has 0 unspecified atom stereocenters. The van der Waals surface area contributed by atoms with Crippen molar-refractivity contribution >= 4 is 64.7 Å². The predicted octanol–water partition coefficient (Wildman–Crippen LogP) is 7.93. The number of benzene rings is 5. The van der Waals surface area contributed by atoms with Crippen molar-refractivity contribution in [2.24, 2.45) is 0 Å². The highest BCUT2D eigenvalue weighted by Gasteiger charge is 2.17. The molecule has 0 fully saturated rings. The summed E-state index contributed by atoms with van der Waals surface area (Å²) in [5.41, 5.74) is 5.84. The fourth-order valence-corrected chi connectivity index (χ4v) is 6.51. The van der Waals surface area contributed by atoms with Gasteiger partial charge in [0, 0.05) is 54.0 Å². The maximum absolute atomic E-state index is 11.6. The number of fused-ring (bicyclic) bond motifs is 6. The van der Waals surface area contributed by atoms with Gasteiger partial charge in [0.2, 0.25) is 0 Å². The largest absolute Gasteiger partial charge is 0.361 e. The number of aromatic nitrogens is 1. The molecule has 0 atom stereocenters. The maximum Gasteiger partial charge on any atom is 0.168 e. The van der Waals surface area contributed by atoms with Gasteiger partial charge in [-0.25, -0.2) is 8.42 Å². The van der Waals surface area contributed by atoms with Gasteiger partial charge in [-0.15, -0.1) is 0 Å². The summed E-state index contributed by atoms with van der Waals surface area (Å²) >= 11 is 0. The zero-order chi connectivity index (χ0) is 27.3. The van der Waals surface area contributed by atoms with Gasteiger partial charge in [0.15, 0.2) is 9.84 Å². The molecule has 0 bridgehead atoms. The summed E-state index contributed by atoms with van der Waals surface area (Å²) in [6.07, 6.45) is 8.27. The van der Waals surface area contributed by atoms with Gasteiger partial charge in [-0.05, 0) is 73.6 Å². The molecule has 0 saturated carbocycles. The molecule has 4 nitrogen and oxygen atoms in total. The predicted molar refractivity (Wildman–Crippen MR) is 169 cm³/mol. The van der Waals surface area contributed by atoms with E-state index in [1.807, 2.05) is 12.1 Å². The third-order valence-corrected chi connectivity index (χ3v) is 8.75. The van der Waals surface area contributed by atoms with Crippen molar-refractivity contribution in [1.82, 2.24) is 9.88 Å². The molecule has 1 aliphatic rings. The Balaban J connectivity index is 1.16. The molecule has 5 heteroatoms. The Kier molecular flexibility index (Phi) is 6.06. The summed E-state index contributed by atoms with van der Waals surface area (Å²) in [6, 6.07) is 30.4. The van der Waals surface area contributed by atoms with Crippen LogP contribution >= 0.6 is 0 Å². The van der Waals surface area contributed by atoms with Crippen LogP contribution in [0, 0.1) is 0 Å². The van der Waals surface area contributed by atoms with E-state index in [2.05, 4.69) is 95.0 Å². The molecule has 0 radical (unpaired) electrons. The van der Waals surface area contributed by atoms with Gasteiger partial charge in [0.05, 0.1) is 0 Å². The molecule has 0 spiro atoms. The SMILES string of the molecule is CS(=O)(=O)C=Cc1ccc2[nH]cc(C3=CCN(Cc4cccc5c4ccc4c6ccccc6ccc54)CC3)c2c1. The van der Waals surface area contributed by atoms with E-state index in [-0.39, 0.29) is 0 Å². The highest BCUT2D eigenvalue weighted by atomic mass is 32.2. The second-order valence-electron chi connectivity index (χ2n) is 10.8. The Labute approximate surface area is 234 Å². The van der Waals surface area contributed by atoms with Gasteiger partial charge in [-0.2, -0.15) is 0 Å².